The Morgan fingerprint density at radius 3 is 2.47 bits per heavy atom. The van der Waals surface area contributed by atoms with Crippen LogP contribution in [0.1, 0.15) is 63.4 Å². The molecule has 0 N–H and O–H groups in total. The minimum atomic E-state index is 0.529. The Labute approximate surface area is 109 Å². The van der Waals surface area contributed by atoms with Gasteiger partial charge in [0.2, 0.25) is 0 Å². The topological polar surface area (TPSA) is 25.8 Å². The van der Waals surface area contributed by atoms with Crippen molar-refractivity contribution in [3.8, 4) is 0 Å². The van der Waals surface area contributed by atoms with Crippen LogP contribution in [0.5, 0.6) is 0 Å². The molecule has 0 aromatic carbocycles. The summed E-state index contributed by atoms with van der Waals surface area (Å²) >= 11 is 6.05. The fraction of sp³-hybridized carbons (Fsp3) is 0.714. The molecule has 0 unspecified atom stereocenters. The lowest BCUT2D eigenvalue weighted by molar-refractivity contribution is 0.312. The summed E-state index contributed by atoms with van der Waals surface area (Å²) in [6.07, 6.45) is 7.32. The van der Waals surface area contributed by atoms with Gasteiger partial charge in [0.1, 0.15) is 11.0 Å². The van der Waals surface area contributed by atoms with Crippen molar-refractivity contribution in [1.29, 1.82) is 0 Å². The van der Waals surface area contributed by atoms with E-state index in [9.17, 15) is 0 Å². The third-order valence-corrected chi connectivity index (χ3v) is 4.11. The first kappa shape index (κ1) is 12.8. The molecule has 1 aromatic heterocycles. The summed E-state index contributed by atoms with van der Waals surface area (Å²) in [5.41, 5.74) is 1.07. The van der Waals surface area contributed by atoms with Crippen LogP contribution in [0.2, 0.25) is 5.15 Å². The average Bonchev–Trinajstić information content (AvgIpc) is 2.38. The quantitative estimate of drug-likeness (QED) is 0.747. The Balaban J connectivity index is 2.10. The molecule has 17 heavy (non-hydrogen) atoms. The SMILES string of the molecule is CCc1cc(Cl)nc(C2CCC(CC)CC2)n1. The minimum Gasteiger partial charge on any atom is -0.238 e. The average molecular weight is 253 g/mol. The van der Waals surface area contributed by atoms with Gasteiger partial charge in [-0.1, -0.05) is 31.9 Å². The van der Waals surface area contributed by atoms with Crippen LogP contribution >= 0.6 is 11.6 Å². The molecule has 1 fully saturated rings. The summed E-state index contributed by atoms with van der Waals surface area (Å²) in [5.74, 6) is 2.42. The molecule has 0 atom stereocenters. The van der Waals surface area contributed by atoms with E-state index in [-0.39, 0.29) is 0 Å². The number of hydrogen-bond donors (Lipinski definition) is 0. The second-order valence-corrected chi connectivity index (χ2v) is 5.41. The molecule has 1 heterocycles. The number of hydrogen-bond acceptors (Lipinski definition) is 2. The van der Waals surface area contributed by atoms with Crippen molar-refractivity contribution in [3.05, 3.63) is 22.7 Å². The molecule has 0 spiro atoms. The van der Waals surface area contributed by atoms with E-state index in [0.717, 1.165) is 23.9 Å². The lowest BCUT2D eigenvalue weighted by atomic mass is 9.80. The lowest BCUT2D eigenvalue weighted by Crippen LogP contribution is -2.15. The van der Waals surface area contributed by atoms with Crippen LogP contribution in [-0.4, -0.2) is 9.97 Å². The largest absolute Gasteiger partial charge is 0.238 e. The van der Waals surface area contributed by atoms with Gasteiger partial charge in [0.15, 0.2) is 0 Å². The van der Waals surface area contributed by atoms with Crippen molar-refractivity contribution in [2.45, 2.75) is 58.3 Å². The van der Waals surface area contributed by atoms with Gasteiger partial charge < -0.3 is 0 Å². The third kappa shape index (κ3) is 3.19. The Morgan fingerprint density at radius 2 is 1.88 bits per heavy atom. The highest BCUT2D eigenvalue weighted by Gasteiger charge is 2.23. The number of aromatic nitrogens is 2. The van der Waals surface area contributed by atoms with E-state index in [1.165, 1.54) is 32.1 Å². The second-order valence-electron chi connectivity index (χ2n) is 5.02. The number of rotatable bonds is 3. The molecule has 1 aliphatic rings. The molecule has 1 saturated carbocycles. The van der Waals surface area contributed by atoms with Crippen LogP contribution in [0.25, 0.3) is 0 Å². The first-order chi connectivity index (χ1) is 8.22. The molecule has 0 radical (unpaired) electrons. The highest BCUT2D eigenvalue weighted by atomic mass is 35.5. The molecule has 1 aliphatic carbocycles. The van der Waals surface area contributed by atoms with Gasteiger partial charge in [0.05, 0.1) is 0 Å². The van der Waals surface area contributed by atoms with Crippen molar-refractivity contribution in [2.24, 2.45) is 5.92 Å². The van der Waals surface area contributed by atoms with Crippen molar-refractivity contribution >= 4 is 11.6 Å². The maximum absolute atomic E-state index is 6.05. The number of aryl methyl sites for hydroxylation is 1. The lowest BCUT2D eigenvalue weighted by Gasteiger charge is -2.26. The standard InChI is InChI=1S/C14H21ClN2/c1-3-10-5-7-11(8-6-10)14-16-12(4-2)9-13(15)17-14/h9-11H,3-8H2,1-2H3. The summed E-state index contributed by atoms with van der Waals surface area (Å²) in [4.78, 5) is 9.04. The fourth-order valence-electron chi connectivity index (χ4n) is 2.68. The van der Waals surface area contributed by atoms with Crippen LogP contribution < -0.4 is 0 Å². The normalized spacial score (nSPS) is 24.9. The van der Waals surface area contributed by atoms with Gasteiger partial charge in [-0.15, -0.1) is 0 Å². The summed E-state index contributed by atoms with van der Waals surface area (Å²) in [7, 11) is 0. The van der Waals surface area contributed by atoms with Gasteiger partial charge in [-0.2, -0.15) is 0 Å². The van der Waals surface area contributed by atoms with Crippen molar-refractivity contribution in [3.63, 3.8) is 0 Å². The van der Waals surface area contributed by atoms with E-state index in [1.807, 2.05) is 6.07 Å². The monoisotopic (exact) mass is 252 g/mol. The van der Waals surface area contributed by atoms with Crippen molar-refractivity contribution in [2.75, 3.05) is 0 Å². The molecule has 0 amide bonds. The maximum Gasteiger partial charge on any atom is 0.133 e. The first-order valence-electron chi connectivity index (χ1n) is 6.76. The van der Waals surface area contributed by atoms with E-state index >= 15 is 0 Å². The van der Waals surface area contributed by atoms with E-state index < -0.39 is 0 Å². The second kappa shape index (κ2) is 5.81. The van der Waals surface area contributed by atoms with E-state index in [4.69, 9.17) is 11.6 Å². The molecule has 94 valence electrons. The van der Waals surface area contributed by atoms with E-state index in [0.29, 0.717) is 11.1 Å². The van der Waals surface area contributed by atoms with Gasteiger partial charge in [0, 0.05) is 11.6 Å². The van der Waals surface area contributed by atoms with Crippen LogP contribution in [-0.2, 0) is 6.42 Å². The Bertz CT molecular complexity index is 370. The zero-order chi connectivity index (χ0) is 12.3. The van der Waals surface area contributed by atoms with Gasteiger partial charge in [0.25, 0.3) is 0 Å². The molecule has 0 saturated heterocycles. The van der Waals surface area contributed by atoms with Crippen LogP contribution in [0.15, 0.2) is 6.07 Å². The molecular formula is C14H21ClN2. The summed E-state index contributed by atoms with van der Waals surface area (Å²) in [6.45, 7) is 4.40. The molecule has 0 aliphatic heterocycles. The molecule has 2 rings (SSSR count). The minimum absolute atomic E-state index is 0.529. The van der Waals surface area contributed by atoms with Gasteiger partial charge in [-0.05, 0) is 44.1 Å². The Kier molecular flexibility index (Phi) is 4.38. The molecule has 3 heteroatoms. The number of halogens is 1. The van der Waals surface area contributed by atoms with Gasteiger partial charge in [-0.3, -0.25) is 0 Å². The Hall–Kier alpha value is -0.630. The predicted octanol–water partition coefficient (Wildman–Crippen LogP) is 4.38. The highest BCUT2D eigenvalue weighted by molar-refractivity contribution is 6.29. The molecule has 0 bridgehead atoms. The van der Waals surface area contributed by atoms with Crippen molar-refractivity contribution in [1.82, 2.24) is 9.97 Å². The van der Waals surface area contributed by atoms with Crippen molar-refractivity contribution < 1.29 is 0 Å². The number of nitrogens with zero attached hydrogens (tertiary/aromatic N) is 2. The van der Waals surface area contributed by atoms with E-state index in [2.05, 4.69) is 23.8 Å². The summed E-state index contributed by atoms with van der Waals surface area (Å²) < 4.78 is 0. The fourth-order valence-corrected chi connectivity index (χ4v) is 2.89. The molecule has 1 aromatic rings. The van der Waals surface area contributed by atoms with Crippen LogP contribution in [0.3, 0.4) is 0 Å². The highest BCUT2D eigenvalue weighted by Crippen LogP contribution is 2.35. The Morgan fingerprint density at radius 1 is 1.18 bits per heavy atom. The van der Waals surface area contributed by atoms with E-state index in [1.54, 1.807) is 0 Å². The maximum atomic E-state index is 6.05. The smallest absolute Gasteiger partial charge is 0.133 e. The van der Waals surface area contributed by atoms with Gasteiger partial charge in [-0.25, -0.2) is 9.97 Å². The first-order valence-corrected chi connectivity index (χ1v) is 7.14. The third-order valence-electron chi connectivity index (χ3n) is 3.92. The summed E-state index contributed by atoms with van der Waals surface area (Å²) in [5, 5.41) is 0.601. The summed E-state index contributed by atoms with van der Waals surface area (Å²) in [6, 6.07) is 1.88. The predicted molar refractivity (Wildman–Crippen MR) is 71.4 cm³/mol. The zero-order valence-electron chi connectivity index (χ0n) is 10.7. The van der Waals surface area contributed by atoms with Gasteiger partial charge >= 0.3 is 0 Å². The van der Waals surface area contributed by atoms with Crippen LogP contribution in [0, 0.1) is 5.92 Å². The molecular weight excluding hydrogens is 232 g/mol. The molecule has 2 nitrogen and oxygen atoms in total. The zero-order valence-corrected chi connectivity index (χ0v) is 11.5. The van der Waals surface area contributed by atoms with Crippen LogP contribution in [0.4, 0.5) is 0 Å².